The number of hydrogen-bond donors (Lipinski definition) is 3. The second-order valence-electron chi connectivity index (χ2n) is 10.4. The maximum atomic E-state index is 12.3. The number of aromatic amines is 1. The van der Waals surface area contributed by atoms with Crippen molar-refractivity contribution in [1.82, 2.24) is 30.1 Å². The maximum absolute atomic E-state index is 12.3. The molecule has 11 heteroatoms. The Bertz CT molecular complexity index is 1400. The highest BCUT2D eigenvalue weighted by molar-refractivity contribution is 6.00. The summed E-state index contributed by atoms with van der Waals surface area (Å²) in [5.74, 6) is 1.56. The van der Waals surface area contributed by atoms with Gasteiger partial charge in [-0.1, -0.05) is 0 Å². The lowest BCUT2D eigenvalue weighted by Crippen LogP contribution is -2.58. The Kier molecular flexibility index (Phi) is 6.40. The lowest BCUT2D eigenvalue weighted by atomic mass is 9.88. The Hall–Kier alpha value is -3.86. The summed E-state index contributed by atoms with van der Waals surface area (Å²) in [7, 11) is 0. The van der Waals surface area contributed by atoms with Gasteiger partial charge in [0.1, 0.15) is 17.2 Å². The molecule has 3 N–H and O–H groups in total. The molecule has 196 valence electrons. The van der Waals surface area contributed by atoms with Gasteiger partial charge in [-0.25, -0.2) is 14.3 Å². The Morgan fingerprint density at radius 3 is 2.68 bits per heavy atom. The van der Waals surface area contributed by atoms with Crippen molar-refractivity contribution >= 4 is 28.5 Å². The van der Waals surface area contributed by atoms with Crippen LogP contribution >= 0.6 is 0 Å². The molecule has 1 fully saturated rings. The third kappa shape index (κ3) is 5.04. The lowest BCUT2D eigenvalue weighted by Gasteiger charge is -2.41. The number of H-pyrrole nitrogens is 1. The van der Waals surface area contributed by atoms with E-state index in [9.17, 15) is 9.90 Å². The minimum atomic E-state index is -0.706. The highest BCUT2D eigenvalue weighted by Gasteiger charge is 2.37. The number of ether oxygens (including phenoxy) is 2. The van der Waals surface area contributed by atoms with Gasteiger partial charge in [-0.15, -0.1) is 5.10 Å². The summed E-state index contributed by atoms with van der Waals surface area (Å²) in [5.41, 5.74) is 2.23. The number of rotatable bonds is 6. The predicted octanol–water partition coefficient (Wildman–Crippen LogP) is 3.53. The van der Waals surface area contributed by atoms with Crippen molar-refractivity contribution in [3.8, 4) is 16.9 Å². The summed E-state index contributed by atoms with van der Waals surface area (Å²) in [4.78, 5) is 19.2. The van der Waals surface area contributed by atoms with Crippen LogP contribution in [0, 0.1) is 0 Å². The van der Waals surface area contributed by atoms with Crippen LogP contribution in [0.5, 0.6) is 5.75 Å². The van der Waals surface area contributed by atoms with Crippen LogP contribution in [0.15, 0.2) is 36.8 Å². The second-order valence-corrected chi connectivity index (χ2v) is 10.4. The van der Waals surface area contributed by atoms with E-state index in [-0.39, 0.29) is 6.61 Å². The standard InChI is InChI=1S/C26H33N7O4/c1-5-36-18-12-19(22-20-14-28-30-23(20)31-33(22)15-18)17-6-7-21(27-13-17)32-10-8-26(16-34,9-11-32)29-24(35)37-25(2,3)4/h6-7,12-15,34H,5,8-11,16H2,1-4H3,(H,29,35)(H,30,31). The smallest absolute Gasteiger partial charge is 0.408 e. The first-order valence-corrected chi connectivity index (χ1v) is 12.5. The van der Waals surface area contributed by atoms with Gasteiger partial charge in [-0.2, -0.15) is 5.10 Å². The molecule has 1 aliphatic heterocycles. The minimum Gasteiger partial charge on any atom is -0.492 e. The van der Waals surface area contributed by atoms with E-state index in [0.29, 0.717) is 38.2 Å². The van der Waals surface area contributed by atoms with E-state index in [0.717, 1.165) is 33.6 Å². The summed E-state index contributed by atoms with van der Waals surface area (Å²) < 4.78 is 13.0. The van der Waals surface area contributed by atoms with Gasteiger partial charge >= 0.3 is 6.09 Å². The number of carbonyl (C=O) groups excluding carboxylic acids is 1. The van der Waals surface area contributed by atoms with Crippen LogP contribution in [0.1, 0.15) is 40.5 Å². The second kappa shape index (κ2) is 9.55. The molecular formula is C26H33N7O4. The van der Waals surface area contributed by atoms with E-state index < -0.39 is 17.2 Å². The van der Waals surface area contributed by atoms with Crippen molar-refractivity contribution in [2.45, 2.75) is 51.7 Å². The first kappa shape index (κ1) is 24.8. The summed E-state index contributed by atoms with van der Waals surface area (Å²) >= 11 is 0. The topological polar surface area (TPSA) is 130 Å². The fourth-order valence-corrected chi connectivity index (χ4v) is 4.75. The normalized spacial score (nSPS) is 15.8. The van der Waals surface area contributed by atoms with E-state index in [2.05, 4.69) is 25.5 Å². The van der Waals surface area contributed by atoms with Crippen LogP contribution < -0.4 is 15.0 Å². The zero-order valence-corrected chi connectivity index (χ0v) is 21.6. The highest BCUT2D eigenvalue weighted by atomic mass is 16.6. The van der Waals surface area contributed by atoms with Gasteiger partial charge in [-0.05, 0) is 58.7 Å². The van der Waals surface area contributed by atoms with Gasteiger partial charge in [-0.3, -0.25) is 5.10 Å². The Balaban J connectivity index is 1.35. The Morgan fingerprint density at radius 2 is 2.03 bits per heavy atom. The summed E-state index contributed by atoms with van der Waals surface area (Å²) in [6, 6.07) is 6.04. The molecule has 0 atom stereocenters. The molecule has 0 spiro atoms. The minimum absolute atomic E-state index is 0.146. The van der Waals surface area contributed by atoms with Gasteiger partial charge in [0.15, 0.2) is 5.65 Å². The number of aliphatic hydroxyl groups excluding tert-OH is 1. The number of amides is 1. The monoisotopic (exact) mass is 507 g/mol. The van der Waals surface area contributed by atoms with Crippen molar-refractivity contribution in [1.29, 1.82) is 0 Å². The van der Waals surface area contributed by atoms with Crippen LogP contribution in [0.25, 0.3) is 27.7 Å². The maximum Gasteiger partial charge on any atom is 0.408 e. The lowest BCUT2D eigenvalue weighted by molar-refractivity contribution is 0.0364. The number of nitrogens with one attached hydrogen (secondary N) is 2. The van der Waals surface area contributed by atoms with Crippen molar-refractivity contribution in [2.75, 3.05) is 31.2 Å². The van der Waals surface area contributed by atoms with Crippen LogP contribution in [-0.4, -0.2) is 73.4 Å². The molecule has 1 amide bonds. The summed E-state index contributed by atoms with van der Waals surface area (Å²) in [6.45, 7) is 9.10. The number of nitrogens with zero attached hydrogens (tertiary/aromatic N) is 5. The first-order valence-electron chi connectivity index (χ1n) is 12.5. The fourth-order valence-electron chi connectivity index (χ4n) is 4.75. The molecule has 1 saturated heterocycles. The molecule has 37 heavy (non-hydrogen) atoms. The molecule has 4 aromatic rings. The molecule has 0 saturated carbocycles. The quantitative estimate of drug-likeness (QED) is 0.361. The number of aliphatic hydroxyl groups is 1. The number of alkyl carbamates (subject to hydrolysis) is 1. The molecule has 5 rings (SSSR count). The van der Waals surface area contributed by atoms with Crippen LogP contribution in [-0.2, 0) is 4.74 Å². The first-order chi connectivity index (χ1) is 17.7. The molecule has 0 radical (unpaired) electrons. The van der Waals surface area contributed by atoms with Crippen LogP contribution in [0.2, 0.25) is 0 Å². The molecule has 0 bridgehead atoms. The number of fused-ring (bicyclic) bond motifs is 3. The summed E-state index contributed by atoms with van der Waals surface area (Å²) in [6.07, 6.45) is 6.14. The van der Waals surface area contributed by atoms with Crippen molar-refractivity contribution in [3.05, 3.63) is 36.8 Å². The summed E-state index contributed by atoms with van der Waals surface area (Å²) in [5, 5.41) is 25.5. The van der Waals surface area contributed by atoms with Crippen molar-refractivity contribution in [2.24, 2.45) is 0 Å². The number of aromatic nitrogens is 5. The number of piperidine rings is 1. The Morgan fingerprint density at radius 1 is 1.24 bits per heavy atom. The van der Waals surface area contributed by atoms with Gasteiger partial charge in [0.2, 0.25) is 0 Å². The van der Waals surface area contributed by atoms with E-state index in [1.54, 1.807) is 6.20 Å². The van der Waals surface area contributed by atoms with Gasteiger partial charge in [0.25, 0.3) is 0 Å². The Labute approximate surface area is 214 Å². The molecule has 5 heterocycles. The number of hydrogen-bond acceptors (Lipinski definition) is 8. The molecule has 0 aromatic carbocycles. The van der Waals surface area contributed by atoms with E-state index in [4.69, 9.17) is 14.5 Å². The molecular weight excluding hydrogens is 474 g/mol. The number of anilines is 1. The molecule has 0 unspecified atom stereocenters. The fraction of sp³-hybridized carbons (Fsp3) is 0.462. The van der Waals surface area contributed by atoms with Crippen LogP contribution in [0.3, 0.4) is 0 Å². The average molecular weight is 508 g/mol. The third-order valence-corrected chi connectivity index (χ3v) is 6.59. The zero-order chi connectivity index (χ0) is 26.2. The molecule has 1 aliphatic rings. The zero-order valence-electron chi connectivity index (χ0n) is 21.6. The van der Waals surface area contributed by atoms with Gasteiger partial charge in [0, 0.05) is 30.4 Å². The third-order valence-electron chi connectivity index (χ3n) is 6.59. The number of pyridine rings is 2. The van der Waals surface area contributed by atoms with E-state index >= 15 is 0 Å². The predicted molar refractivity (Wildman–Crippen MR) is 140 cm³/mol. The van der Waals surface area contributed by atoms with Crippen molar-refractivity contribution in [3.63, 3.8) is 0 Å². The van der Waals surface area contributed by atoms with Gasteiger partial charge < -0.3 is 24.8 Å². The van der Waals surface area contributed by atoms with E-state index in [1.807, 2.05) is 62.8 Å². The van der Waals surface area contributed by atoms with E-state index in [1.165, 1.54) is 0 Å². The largest absolute Gasteiger partial charge is 0.492 e. The molecule has 0 aliphatic carbocycles. The van der Waals surface area contributed by atoms with Crippen LogP contribution in [0.4, 0.5) is 10.6 Å². The van der Waals surface area contributed by atoms with Crippen molar-refractivity contribution < 1.29 is 19.4 Å². The average Bonchev–Trinajstić information content (AvgIpc) is 3.44. The molecule has 4 aromatic heterocycles. The van der Waals surface area contributed by atoms with Gasteiger partial charge in [0.05, 0.1) is 42.0 Å². The SMILES string of the molecule is CCOc1cc(-c2ccc(N3CCC(CO)(NC(=O)OC(C)(C)C)CC3)nc2)c2c3cn[nH]c3nn2c1. The number of carbonyl (C=O) groups is 1. The molecule has 11 nitrogen and oxygen atoms in total. The highest BCUT2D eigenvalue weighted by Crippen LogP contribution is 2.34.